The van der Waals surface area contributed by atoms with Crippen LogP contribution in [0.2, 0.25) is 0 Å². The number of aliphatic hydroxyl groups excluding tert-OH is 1. The zero-order valence-corrected chi connectivity index (χ0v) is 14.6. The van der Waals surface area contributed by atoms with Crippen molar-refractivity contribution in [2.24, 2.45) is 0 Å². The third kappa shape index (κ3) is 5.76. The minimum Gasteiger partial charge on any atom is -0.497 e. The molecular formula is C14H20BrNO4S. The Balaban J connectivity index is 2.62. The van der Waals surface area contributed by atoms with Gasteiger partial charge in [-0.2, -0.15) is 11.8 Å². The number of hydrogen-bond donors (Lipinski definition) is 2. The molecular weight excluding hydrogens is 358 g/mol. The minimum absolute atomic E-state index is 0.200. The summed E-state index contributed by atoms with van der Waals surface area (Å²) >= 11 is 5.06. The van der Waals surface area contributed by atoms with Gasteiger partial charge in [0.15, 0.2) is 0 Å². The molecule has 0 aromatic heterocycles. The topological polar surface area (TPSA) is 67.8 Å². The van der Waals surface area contributed by atoms with E-state index in [0.29, 0.717) is 28.1 Å². The highest BCUT2D eigenvalue weighted by Crippen LogP contribution is 2.33. The van der Waals surface area contributed by atoms with Crippen LogP contribution in [-0.2, 0) is 0 Å². The second-order valence-electron chi connectivity index (χ2n) is 4.14. The van der Waals surface area contributed by atoms with Crippen molar-refractivity contribution < 1.29 is 19.4 Å². The van der Waals surface area contributed by atoms with Crippen LogP contribution in [0, 0.1) is 0 Å². The van der Waals surface area contributed by atoms with Gasteiger partial charge in [0.2, 0.25) is 0 Å². The summed E-state index contributed by atoms with van der Waals surface area (Å²) in [4.78, 5) is 12.2. The van der Waals surface area contributed by atoms with Gasteiger partial charge >= 0.3 is 0 Å². The van der Waals surface area contributed by atoms with Gasteiger partial charge in [0.05, 0.1) is 24.3 Å². The Kier molecular flexibility index (Phi) is 8.56. The molecule has 0 aliphatic rings. The van der Waals surface area contributed by atoms with E-state index in [1.807, 2.05) is 0 Å². The monoisotopic (exact) mass is 377 g/mol. The van der Waals surface area contributed by atoms with Crippen LogP contribution < -0.4 is 14.8 Å². The number of carbonyl (C=O) groups is 1. The molecule has 5 nitrogen and oxygen atoms in total. The zero-order chi connectivity index (χ0) is 15.7. The molecule has 0 bridgehead atoms. The molecule has 0 heterocycles. The third-order valence-electron chi connectivity index (χ3n) is 2.68. The van der Waals surface area contributed by atoms with Gasteiger partial charge in [-0.25, -0.2) is 0 Å². The van der Waals surface area contributed by atoms with E-state index in [9.17, 15) is 4.79 Å². The summed E-state index contributed by atoms with van der Waals surface area (Å²) in [6.07, 6.45) is 0.773. The van der Waals surface area contributed by atoms with Crippen molar-refractivity contribution in [1.82, 2.24) is 5.32 Å². The average molecular weight is 378 g/mol. The van der Waals surface area contributed by atoms with Gasteiger partial charge in [-0.3, -0.25) is 4.79 Å². The highest BCUT2D eigenvalue weighted by molar-refractivity contribution is 9.10. The van der Waals surface area contributed by atoms with Gasteiger partial charge in [-0.05, 0) is 40.2 Å². The van der Waals surface area contributed by atoms with E-state index in [4.69, 9.17) is 14.6 Å². The van der Waals surface area contributed by atoms with Crippen molar-refractivity contribution in [2.45, 2.75) is 6.42 Å². The number of ether oxygens (including phenoxy) is 2. The fourth-order valence-corrected chi connectivity index (χ4v) is 3.05. The summed E-state index contributed by atoms with van der Waals surface area (Å²) in [6.45, 7) is 0.765. The fraction of sp³-hybridized carbons (Fsp3) is 0.500. The number of thioether (sulfide) groups is 1. The molecule has 0 aliphatic heterocycles. The lowest BCUT2D eigenvalue weighted by Crippen LogP contribution is -2.26. The van der Waals surface area contributed by atoms with Crippen molar-refractivity contribution in [2.75, 3.05) is 38.9 Å². The van der Waals surface area contributed by atoms with Crippen molar-refractivity contribution in [3.63, 3.8) is 0 Å². The van der Waals surface area contributed by atoms with Crippen LogP contribution in [0.4, 0.5) is 0 Å². The largest absolute Gasteiger partial charge is 0.497 e. The van der Waals surface area contributed by atoms with Crippen LogP contribution in [0.1, 0.15) is 16.8 Å². The molecule has 1 amide bonds. The smallest absolute Gasteiger partial charge is 0.255 e. The fourth-order valence-electron chi connectivity index (χ4n) is 1.66. The molecule has 0 spiro atoms. The van der Waals surface area contributed by atoms with Crippen LogP contribution in [0.15, 0.2) is 16.6 Å². The molecule has 0 aliphatic carbocycles. The van der Waals surface area contributed by atoms with Crippen LogP contribution in [0.5, 0.6) is 11.5 Å². The van der Waals surface area contributed by atoms with Crippen LogP contribution >= 0.6 is 27.7 Å². The number of aliphatic hydroxyl groups is 1. The number of halogens is 1. The van der Waals surface area contributed by atoms with Crippen LogP contribution in [0.3, 0.4) is 0 Å². The first-order valence-electron chi connectivity index (χ1n) is 6.52. The lowest BCUT2D eigenvalue weighted by atomic mass is 10.1. The second kappa shape index (κ2) is 9.92. The van der Waals surface area contributed by atoms with E-state index in [1.54, 1.807) is 31.0 Å². The predicted molar refractivity (Wildman–Crippen MR) is 88.6 cm³/mol. The van der Waals surface area contributed by atoms with Crippen molar-refractivity contribution in [3.05, 3.63) is 22.2 Å². The molecule has 1 aromatic rings. The average Bonchev–Trinajstić information content (AvgIpc) is 2.49. The predicted octanol–water partition coefficient (Wildman–Crippen LogP) is 2.31. The Morgan fingerprint density at radius 1 is 1.33 bits per heavy atom. The van der Waals surface area contributed by atoms with Gasteiger partial charge in [-0.15, -0.1) is 0 Å². The van der Waals surface area contributed by atoms with Gasteiger partial charge in [0.25, 0.3) is 5.91 Å². The Labute approximate surface area is 137 Å². The SMILES string of the molecule is COc1cc(Br)c(OC)c(C(=O)NCCSCCCO)c1. The highest BCUT2D eigenvalue weighted by atomic mass is 79.9. The molecule has 0 fully saturated rings. The maximum absolute atomic E-state index is 12.2. The lowest BCUT2D eigenvalue weighted by Gasteiger charge is -2.12. The first-order valence-corrected chi connectivity index (χ1v) is 8.47. The summed E-state index contributed by atoms with van der Waals surface area (Å²) in [6, 6.07) is 3.40. The molecule has 1 rings (SSSR count). The number of nitrogens with one attached hydrogen (secondary N) is 1. The normalized spacial score (nSPS) is 10.3. The first-order chi connectivity index (χ1) is 10.1. The second-order valence-corrected chi connectivity index (χ2v) is 6.21. The summed E-state index contributed by atoms with van der Waals surface area (Å²) < 4.78 is 11.1. The van der Waals surface area contributed by atoms with Gasteiger partial charge < -0.3 is 19.9 Å². The summed E-state index contributed by atoms with van der Waals surface area (Å²) in [7, 11) is 3.07. The summed E-state index contributed by atoms with van der Waals surface area (Å²) in [5.41, 5.74) is 0.434. The summed E-state index contributed by atoms with van der Waals surface area (Å²) in [5.74, 6) is 2.57. The Morgan fingerprint density at radius 3 is 2.71 bits per heavy atom. The number of hydrogen-bond acceptors (Lipinski definition) is 5. The van der Waals surface area contributed by atoms with Crippen molar-refractivity contribution in [1.29, 1.82) is 0 Å². The van der Waals surface area contributed by atoms with Crippen LogP contribution in [-0.4, -0.2) is 49.9 Å². The van der Waals surface area contributed by atoms with E-state index in [2.05, 4.69) is 21.2 Å². The van der Waals surface area contributed by atoms with Gasteiger partial charge in [-0.1, -0.05) is 0 Å². The minimum atomic E-state index is -0.200. The van der Waals surface area contributed by atoms with E-state index in [1.165, 1.54) is 7.11 Å². The standard InChI is InChI=1S/C14H20BrNO4S/c1-19-10-8-11(13(20-2)12(15)9-10)14(18)16-4-7-21-6-3-5-17/h8-9,17H,3-7H2,1-2H3,(H,16,18). The molecule has 21 heavy (non-hydrogen) atoms. The van der Waals surface area contributed by atoms with E-state index in [0.717, 1.165) is 17.9 Å². The van der Waals surface area contributed by atoms with Crippen molar-refractivity contribution in [3.8, 4) is 11.5 Å². The Morgan fingerprint density at radius 2 is 2.10 bits per heavy atom. The number of rotatable bonds is 9. The third-order valence-corrected chi connectivity index (χ3v) is 4.34. The van der Waals surface area contributed by atoms with Gasteiger partial charge in [0.1, 0.15) is 11.5 Å². The summed E-state index contributed by atoms with van der Waals surface area (Å²) in [5, 5.41) is 11.5. The van der Waals surface area contributed by atoms with E-state index >= 15 is 0 Å². The molecule has 0 saturated heterocycles. The molecule has 0 saturated carbocycles. The van der Waals surface area contributed by atoms with Crippen LogP contribution in [0.25, 0.3) is 0 Å². The quantitative estimate of drug-likeness (QED) is 0.646. The number of amides is 1. The lowest BCUT2D eigenvalue weighted by molar-refractivity contribution is 0.0952. The molecule has 0 atom stereocenters. The van der Waals surface area contributed by atoms with Crippen molar-refractivity contribution >= 4 is 33.6 Å². The molecule has 7 heteroatoms. The zero-order valence-electron chi connectivity index (χ0n) is 12.1. The molecule has 0 radical (unpaired) electrons. The van der Waals surface area contributed by atoms with E-state index in [-0.39, 0.29) is 12.5 Å². The first kappa shape index (κ1) is 18.1. The number of benzene rings is 1. The Bertz CT molecular complexity index is 471. The number of methoxy groups -OCH3 is 2. The van der Waals surface area contributed by atoms with Gasteiger partial charge in [0, 0.05) is 18.9 Å². The molecule has 0 unspecified atom stereocenters. The maximum Gasteiger partial charge on any atom is 0.255 e. The highest BCUT2D eigenvalue weighted by Gasteiger charge is 2.16. The number of carbonyl (C=O) groups excluding carboxylic acids is 1. The molecule has 1 aromatic carbocycles. The Hall–Kier alpha value is -0.920. The maximum atomic E-state index is 12.2. The van der Waals surface area contributed by atoms with E-state index < -0.39 is 0 Å². The molecule has 118 valence electrons. The molecule has 2 N–H and O–H groups in total.